The second-order valence-corrected chi connectivity index (χ2v) is 5.61. The molecule has 0 aliphatic heterocycles. The van der Waals surface area contributed by atoms with E-state index in [9.17, 15) is 8.42 Å². The first-order chi connectivity index (χ1) is 9.03. The lowest BCUT2D eigenvalue weighted by molar-refractivity contribution is 0.601. The molecule has 0 fully saturated rings. The summed E-state index contributed by atoms with van der Waals surface area (Å²) in [5.41, 5.74) is 1.64. The van der Waals surface area contributed by atoms with E-state index in [0.29, 0.717) is 11.3 Å². The minimum absolute atomic E-state index is 0.114. The first-order valence-electron chi connectivity index (χ1n) is 5.46. The van der Waals surface area contributed by atoms with E-state index in [4.69, 9.17) is 5.26 Å². The third-order valence-corrected chi connectivity index (χ3v) is 3.94. The molecule has 1 heterocycles. The van der Waals surface area contributed by atoms with Gasteiger partial charge in [-0.1, -0.05) is 0 Å². The van der Waals surface area contributed by atoms with E-state index >= 15 is 0 Å². The van der Waals surface area contributed by atoms with Crippen LogP contribution in [-0.2, 0) is 10.0 Å². The summed E-state index contributed by atoms with van der Waals surface area (Å²) in [6.45, 7) is 1.77. The summed E-state index contributed by atoms with van der Waals surface area (Å²) in [4.78, 5) is 4.01. The van der Waals surface area contributed by atoms with Crippen LogP contribution in [0.25, 0.3) is 0 Å². The van der Waals surface area contributed by atoms with Gasteiger partial charge in [-0.15, -0.1) is 0 Å². The lowest BCUT2D eigenvalue weighted by atomic mass is 10.2. The van der Waals surface area contributed by atoms with Gasteiger partial charge in [-0.2, -0.15) is 5.26 Å². The van der Waals surface area contributed by atoms with Gasteiger partial charge in [0.25, 0.3) is 10.0 Å². The van der Waals surface area contributed by atoms with Crippen molar-refractivity contribution < 1.29 is 8.42 Å². The Morgan fingerprint density at radius 1 is 1.21 bits per heavy atom. The van der Waals surface area contributed by atoms with Crippen molar-refractivity contribution in [2.75, 3.05) is 4.72 Å². The molecule has 0 atom stereocenters. The van der Waals surface area contributed by atoms with Crippen LogP contribution in [-0.4, -0.2) is 13.4 Å². The van der Waals surface area contributed by atoms with Crippen molar-refractivity contribution in [3.63, 3.8) is 0 Å². The molecule has 0 saturated carbocycles. The number of aryl methyl sites for hydroxylation is 1. The Morgan fingerprint density at radius 3 is 2.47 bits per heavy atom. The summed E-state index contributed by atoms with van der Waals surface area (Å²) in [7, 11) is -3.65. The van der Waals surface area contributed by atoms with Crippen LogP contribution in [0.4, 0.5) is 5.69 Å². The van der Waals surface area contributed by atoms with Gasteiger partial charge in [0.1, 0.15) is 0 Å². The number of nitrogens with zero attached hydrogens (tertiary/aromatic N) is 2. The molecule has 0 amide bonds. The summed E-state index contributed by atoms with van der Waals surface area (Å²) < 4.78 is 26.8. The van der Waals surface area contributed by atoms with Crippen molar-refractivity contribution in [2.45, 2.75) is 11.8 Å². The zero-order chi connectivity index (χ0) is 13.9. The van der Waals surface area contributed by atoms with Crippen molar-refractivity contribution in [3.05, 3.63) is 53.9 Å². The highest BCUT2D eigenvalue weighted by Crippen LogP contribution is 2.18. The van der Waals surface area contributed by atoms with Gasteiger partial charge in [0.15, 0.2) is 0 Å². The molecule has 0 unspecified atom stereocenters. The Morgan fingerprint density at radius 2 is 1.89 bits per heavy atom. The third kappa shape index (κ3) is 2.89. The number of anilines is 1. The van der Waals surface area contributed by atoms with E-state index in [1.807, 2.05) is 6.07 Å². The number of hydrogen-bond acceptors (Lipinski definition) is 4. The van der Waals surface area contributed by atoms with Crippen LogP contribution in [0.5, 0.6) is 0 Å². The maximum absolute atomic E-state index is 12.1. The molecule has 1 N–H and O–H groups in total. The molecule has 6 heteroatoms. The number of sulfonamides is 1. The van der Waals surface area contributed by atoms with Crippen molar-refractivity contribution >= 4 is 15.7 Å². The average Bonchev–Trinajstić information content (AvgIpc) is 2.41. The fraction of sp³-hybridized carbons (Fsp3) is 0.0769. The largest absolute Gasteiger partial charge is 0.279 e. The van der Waals surface area contributed by atoms with Gasteiger partial charge >= 0.3 is 0 Å². The maximum atomic E-state index is 12.1. The first-order valence-corrected chi connectivity index (χ1v) is 6.95. The second kappa shape index (κ2) is 5.08. The second-order valence-electron chi connectivity index (χ2n) is 3.93. The number of pyridine rings is 1. The van der Waals surface area contributed by atoms with E-state index in [-0.39, 0.29) is 4.90 Å². The highest BCUT2D eigenvalue weighted by molar-refractivity contribution is 7.92. The zero-order valence-corrected chi connectivity index (χ0v) is 11.0. The molecule has 5 nitrogen and oxygen atoms in total. The highest BCUT2D eigenvalue weighted by Gasteiger charge is 2.14. The van der Waals surface area contributed by atoms with Gasteiger partial charge in [-0.25, -0.2) is 8.42 Å². The van der Waals surface area contributed by atoms with E-state index in [0.717, 1.165) is 5.56 Å². The lowest BCUT2D eigenvalue weighted by Crippen LogP contribution is -2.13. The van der Waals surface area contributed by atoms with E-state index < -0.39 is 10.0 Å². The number of rotatable bonds is 3. The van der Waals surface area contributed by atoms with Crippen LogP contribution < -0.4 is 4.72 Å². The van der Waals surface area contributed by atoms with Gasteiger partial charge < -0.3 is 0 Å². The van der Waals surface area contributed by atoms with Crippen LogP contribution >= 0.6 is 0 Å². The van der Waals surface area contributed by atoms with Gasteiger partial charge in [-0.05, 0) is 42.8 Å². The summed E-state index contributed by atoms with van der Waals surface area (Å²) in [5.74, 6) is 0. The lowest BCUT2D eigenvalue weighted by Gasteiger charge is -2.09. The third-order valence-electron chi connectivity index (χ3n) is 2.56. The van der Waals surface area contributed by atoms with E-state index in [1.54, 1.807) is 19.2 Å². The molecule has 0 aliphatic rings. The molecule has 0 saturated heterocycles. The Balaban J connectivity index is 2.33. The number of benzene rings is 1. The molecule has 96 valence electrons. The number of nitriles is 1. The number of aromatic nitrogens is 1. The molecular weight excluding hydrogens is 262 g/mol. The average molecular weight is 273 g/mol. The molecule has 2 aromatic rings. The Hall–Kier alpha value is -2.39. The standard InChI is InChI=1S/C13H11N3O2S/c1-10-9-15-7-6-13(10)16-19(17,18)12-4-2-11(8-14)3-5-12/h2-7,9H,1H3,(H,15,16). The summed E-state index contributed by atoms with van der Waals surface area (Å²) in [6, 6.07) is 9.27. The van der Waals surface area contributed by atoms with Crippen LogP contribution in [0, 0.1) is 18.3 Å². The predicted molar refractivity (Wildman–Crippen MR) is 70.9 cm³/mol. The summed E-state index contributed by atoms with van der Waals surface area (Å²) >= 11 is 0. The number of nitrogens with one attached hydrogen (secondary N) is 1. The maximum Gasteiger partial charge on any atom is 0.261 e. The molecule has 0 spiro atoms. The Bertz CT molecular complexity index is 731. The van der Waals surface area contributed by atoms with Crippen LogP contribution in [0.3, 0.4) is 0 Å². The molecule has 0 radical (unpaired) electrons. The molecule has 2 rings (SSSR count). The van der Waals surface area contributed by atoms with Crippen molar-refractivity contribution in [1.29, 1.82) is 5.26 Å². The Kier molecular flexibility index (Phi) is 3.49. The van der Waals surface area contributed by atoms with Crippen LogP contribution in [0.1, 0.15) is 11.1 Å². The van der Waals surface area contributed by atoms with Gasteiger partial charge in [0.2, 0.25) is 0 Å². The first kappa shape index (κ1) is 13.1. The predicted octanol–water partition coefficient (Wildman–Crippen LogP) is 2.06. The van der Waals surface area contributed by atoms with E-state index in [2.05, 4.69) is 9.71 Å². The minimum atomic E-state index is -3.65. The van der Waals surface area contributed by atoms with Crippen molar-refractivity contribution in [1.82, 2.24) is 4.98 Å². The van der Waals surface area contributed by atoms with E-state index in [1.165, 1.54) is 30.5 Å². The molecule has 0 aliphatic carbocycles. The zero-order valence-electron chi connectivity index (χ0n) is 10.2. The highest BCUT2D eigenvalue weighted by atomic mass is 32.2. The monoisotopic (exact) mass is 273 g/mol. The van der Waals surface area contributed by atoms with Crippen molar-refractivity contribution in [3.8, 4) is 6.07 Å². The Labute approximate surface area is 111 Å². The van der Waals surface area contributed by atoms with Gasteiger partial charge in [0, 0.05) is 12.4 Å². The van der Waals surface area contributed by atoms with Gasteiger partial charge in [0.05, 0.1) is 22.2 Å². The van der Waals surface area contributed by atoms with Crippen LogP contribution in [0.15, 0.2) is 47.6 Å². The molecule has 1 aromatic carbocycles. The summed E-state index contributed by atoms with van der Waals surface area (Å²) in [5, 5.41) is 8.68. The quantitative estimate of drug-likeness (QED) is 0.927. The molecule has 1 aromatic heterocycles. The molecular formula is C13H11N3O2S. The SMILES string of the molecule is Cc1cnccc1NS(=O)(=O)c1ccc(C#N)cc1. The van der Waals surface area contributed by atoms with Crippen molar-refractivity contribution in [2.24, 2.45) is 0 Å². The number of hydrogen-bond donors (Lipinski definition) is 1. The minimum Gasteiger partial charge on any atom is -0.279 e. The fourth-order valence-electron chi connectivity index (χ4n) is 1.50. The molecule has 0 bridgehead atoms. The molecule has 19 heavy (non-hydrogen) atoms. The normalized spacial score (nSPS) is 10.7. The smallest absolute Gasteiger partial charge is 0.261 e. The van der Waals surface area contributed by atoms with Crippen LogP contribution in [0.2, 0.25) is 0 Å². The summed E-state index contributed by atoms with van der Waals surface area (Å²) in [6.07, 6.45) is 3.10. The topological polar surface area (TPSA) is 82.8 Å². The fourth-order valence-corrected chi connectivity index (χ4v) is 2.63. The van der Waals surface area contributed by atoms with Gasteiger partial charge in [-0.3, -0.25) is 9.71 Å².